The van der Waals surface area contributed by atoms with Gasteiger partial charge in [-0.1, -0.05) is 23.7 Å². The topological polar surface area (TPSA) is 12.0 Å². The molecule has 0 bridgehead atoms. The van der Waals surface area contributed by atoms with Gasteiger partial charge in [0.15, 0.2) is 0 Å². The maximum Gasteiger partial charge on any atom is 0.142 e. The van der Waals surface area contributed by atoms with Gasteiger partial charge in [-0.05, 0) is 43.4 Å². The van der Waals surface area contributed by atoms with E-state index < -0.39 is 0 Å². The second-order valence-electron chi connectivity index (χ2n) is 4.42. The highest BCUT2D eigenvalue weighted by molar-refractivity contribution is 6.31. The van der Waals surface area contributed by atoms with E-state index in [-0.39, 0.29) is 5.82 Å². The molecule has 1 N–H and O–H groups in total. The molecule has 0 atom stereocenters. The van der Waals surface area contributed by atoms with Crippen molar-refractivity contribution in [2.45, 2.75) is 19.3 Å². The highest BCUT2D eigenvalue weighted by Gasteiger charge is 2.42. The molecule has 15 heavy (non-hydrogen) atoms. The average Bonchev–Trinajstić information content (AvgIpc) is 2.94. The van der Waals surface area contributed by atoms with Crippen molar-refractivity contribution in [2.24, 2.45) is 5.41 Å². The molecule has 0 saturated heterocycles. The first kappa shape index (κ1) is 10.9. The molecule has 1 nitrogen and oxygen atoms in total. The van der Waals surface area contributed by atoms with Crippen molar-refractivity contribution in [1.29, 1.82) is 0 Å². The van der Waals surface area contributed by atoms with E-state index in [1.54, 1.807) is 6.07 Å². The maximum atomic E-state index is 13.2. The van der Waals surface area contributed by atoms with Crippen LogP contribution in [0.1, 0.15) is 18.4 Å². The van der Waals surface area contributed by atoms with Crippen molar-refractivity contribution in [2.75, 3.05) is 13.6 Å². The number of halogens is 2. The van der Waals surface area contributed by atoms with Crippen molar-refractivity contribution < 1.29 is 4.39 Å². The van der Waals surface area contributed by atoms with Crippen LogP contribution in [0.2, 0.25) is 5.02 Å². The van der Waals surface area contributed by atoms with E-state index in [1.807, 2.05) is 13.1 Å². The Morgan fingerprint density at radius 1 is 1.47 bits per heavy atom. The van der Waals surface area contributed by atoms with E-state index in [4.69, 9.17) is 11.6 Å². The van der Waals surface area contributed by atoms with Crippen LogP contribution in [0.15, 0.2) is 18.2 Å². The average molecular weight is 228 g/mol. The molecule has 0 heterocycles. The number of nitrogens with one attached hydrogen (secondary N) is 1. The molecule has 0 aliphatic heterocycles. The van der Waals surface area contributed by atoms with E-state index in [1.165, 1.54) is 18.9 Å². The SMILES string of the molecule is CNCC1(Cc2cccc(F)c2Cl)CC1. The number of rotatable bonds is 4. The van der Waals surface area contributed by atoms with Gasteiger partial charge in [0, 0.05) is 6.54 Å². The minimum absolute atomic E-state index is 0.292. The fourth-order valence-electron chi connectivity index (χ4n) is 2.06. The highest BCUT2D eigenvalue weighted by atomic mass is 35.5. The molecule has 1 aromatic rings. The van der Waals surface area contributed by atoms with Crippen LogP contribution in [0.3, 0.4) is 0 Å². The highest BCUT2D eigenvalue weighted by Crippen LogP contribution is 2.48. The lowest BCUT2D eigenvalue weighted by atomic mass is 9.96. The maximum absolute atomic E-state index is 13.2. The molecule has 0 aromatic heterocycles. The van der Waals surface area contributed by atoms with E-state index in [0.717, 1.165) is 18.5 Å². The fraction of sp³-hybridized carbons (Fsp3) is 0.500. The Labute approximate surface area is 94.6 Å². The van der Waals surface area contributed by atoms with Crippen LogP contribution in [-0.4, -0.2) is 13.6 Å². The minimum atomic E-state index is -0.311. The third kappa shape index (κ3) is 2.32. The predicted molar refractivity (Wildman–Crippen MR) is 60.7 cm³/mol. The van der Waals surface area contributed by atoms with Gasteiger partial charge in [0.25, 0.3) is 0 Å². The quantitative estimate of drug-likeness (QED) is 0.834. The standard InChI is InChI=1S/C12H15ClFN/c1-15-8-12(5-6-12)7-9-3-2-4-10(14)11(9)13/h2-4,15H,5-8H2,1H3. The van der Waals surface area contributed by atoms with Crippen LogP contribution in [0.5, 0.6) is 0 Å². The number of hydrogen-bond acceptors (Lipinski definition) is 1. The van der Waals surface area contributed by atoms with Crippen molar-refractivity contribution in [3.63, 3.8) is 0 Å². The summed E-state index contributed by atoms with van der Waals surface area (Å²) in [5.41, 5.74) is 1.26. The fourth-order valence-corrected chi connectivity index (χ4v) is 2.25. The largest absolute Gasteiger partial charge is 0.319 e. The summed E-state index contributed by atoms with van der Waals surface area (Å²) in [5.74, 6) is -0.311. The molecule has 1 aromatic carbocycles. The predicted octanol–water partition coefficient (Wildman–Crippen LogP) is 3.02. The summed E-state index contributed by atoms with van der Waals surface area (Å²) in [7, 11) is 1.95. The number of benzene rings is 1. The summed E-state index contributed by atoms with van der Waals surface area (Å²) < 4.78 is 13.2. The summed E-state index contributed by atoms with van der Waals surface area (Å²) in [6.07, 6.45) is 3.30. The van der Waals surface area contributed by atoms with Gasteiger partial charge in [0.05, 0.1) is 5.02 Å². The first-order valence-corrected chi connectivity index (χ1v) is 5.62. The molecule has 1 aliphatic carbocycles. The van der Waals surface area contributed by atoms with E-state index in [9.17, 15) is 4.39 Å². The summed E-state index contributed by atoms with van der Waals surface area (Å²) in [5, 5.41) is 3.48. The Hall–Kier alpha value is -0.600. The van der Waals surface area contributed by atoms with Crippen LogP contribution in [0.25, 0.3) is 0 Å². The lowest BCUT2D eigenvalue weighted by Crippen LogP contribution is -2.22. The van der Waals surface area contributed by atoms with Gasteiger partial charge < -0.3 is 5.32 Å². The van der Waals surface area contributed by atoms with Gasteiger partial charge in [0.1, 0.15) is 5.82 Å². The summed E-state index contributed by atoms with van der Waals surface area (Å²) in [4.78, 5) is 0. The van der Waals surface area contributed by atoms with Crippen LogP contribution in [0, 0.1) is 11.2 Å². The summed E-state index contributed by atoms with van der Waals surface area (Å²) in [6.45, 7) is 0.986. The first-order chi connectivity index (χ1) is 7.17. The van der Waals surface area contributed by atoms with Gasteiger partial charge in [-0.15, -0.1) is 0 Å². The summed E-state index contributed by atoms with van der Waals surface area (Å²) >= 11 is 5.93. The van der Waals surface area contributed by atoms with Gasteiger partial charge >= 0.3 is 0 Å². The third-order valence-electron chi connectivity index (χ3n) is 3.11. The normalized spacial score (nSPS) is 17.8. The molecule has 0 spiro atoms. The molecule has 2 rings (SSSR count). The van der Waals surface area contributed by atoms with Crippen LogP contribution in [-0.2, 0) is 6.42 Å². The second-order valence-corrected chi connectivity index (χ2v) is 4.80. The Balaban J connectivity index is 2.14. The molecule has 1 saturated carbocycles. The van der Waals surface area contributed by atoms with Crippen molar-refractivity contribution in [3.05, 3.63) is 34.6 Å². The van der Waals surface area contributed by atoms with Gasteiger partial charge in [-0.2, -0.15) is 0 Å². The van der Waals surface area contributed by atoms with Gasteiger partial charge in [0.2, 0.25) is 0 Å². The lowest BCUT2D eigenvalue weighted by molar-refractivity contribution is 0.477. The van der Waals surface area contributed by atoms with Gasteiger partial charge in [-0.3, -0.25) is 0 Å². The minimum Gasteiger partial charge on any atom is -0.319 e. The molecule has 1 aliphatic rings. The van der Waals surface area contributed by atoms with Crippen molar-refractivity contribution in [1.82, 2.24) is 5.32 Å². The van der Waals surface area contributed by atoms with E-state index >= 15 is 0 Å². The third-order valence-corrected chi connectivity index (χ3v) is 3.53. The van der Waals surface area contributed by atoms with Crippen molar-refractivity contribution >= 4 is 11.6 Å². The molecule has 1 fully saturated rings. The molecule has 82 valence electrons. The smallest absolute Gasteiger partial charge is 0.142 e. The molecule has 3 heteroatoms. The lowest BCUT2D eigenvalue weighted by Gasteiger charge is -2.15. The van der Waals surface area contributed by atoms with Crippen molar-refractivity contribution in [3.8, 4) is 0 Å². The zero-order valence-corrected chi connectivity index (χ0v) is 9.57. The molecule has 0 radical (unpaired) electrons. The van der Waals surface area contributed by atoms with Crippen LogP contribution < -0.4 is 5.32 Å². The molecule has 0 unspecified atom stereocenters. The second kappa shape index (κ2) is 4.11. The Morgan fingerprint density at radius 2 is 2.20 bits per heavy atom. The van der Waals surface area contributed by atoms with E-state index in [2.05, 4.69) is 5.32 Å². The van der Waals surface area contributed by atoms with Gasteiger partial charge in [-0.25, -0.2) is 4.39 Å². The van der Waals surface area contributed by atoms with Crippen LogP contribution >= 0.6 is 11.6 Å². The monoisotopic (exact) mass is 227 g/mol. The Morgan fingerprint density at radius 3 is 2.80 bits per heavy atom. The zero-order valence-electron chi connectivity index (χ0n) is 8.82. The molecular formula is C12H15ClFN. The Bertz CT molecular complexity index is 361. The number of hydrogen-bond donors (Lipinski definition) is 1. The summed E-state index contributed by atoms with van der Waals surface area (Å²) in [6, 6.07) is 5.05. The molecular weight excluding hydrogens is 213 g/mol. The first-order valence-electron chi connectivity index (χ1n) is 5.24. The Kier molecular flexibility index (Phi) is 2.98. The zero-order chi connectivity index (χ0) is 10.9. The van der Waals surface area contributed by atoms with Crippen LogP contribution in [0.4, 0.5) is 4.39 Å². The van der Waals surface area contributed by atoms with E-state index in [0.29, 0.717) is 10.4 Å². The molecule has 0 amide bonds.